The number of nitrogens with zero attached hydrogens (tertiary/aromatic N) is 1. The van der Waals surface area contributed by atoms with Gasteiger partial charge >= 0.3 is 6.09 Å². The normalized spacial score (nSPS) is 15.7. The van der Waals surface area contributed by atoms with Gasteiger partial charge in [-0.05, 0) is 17.9 Å². The van der Waals surface area contributed by atoms with E-state index in [1.54, 1.807) is 4.90 Å². The molecular weight excluding hydrogens is 202 g/mol. The van der Waals surface area contributed by atoms with Crippen molar-refractivity contribution in [3.8, 4) is 0 Å². The van der Waals surface area contributed by atoms with Crippen LogP contribution >= 0.6 is 0 Å². The molecule has 2 rings (SSSR count). The van der Waals surface area contributed by atoms with Crippen LogP contribution in [0, 0.1) is 5.92 Å². The highest BCUT2D eigenvalue weighted by Gasteiger charge is 2.30. The van der Waals surface area contributed by atoms with E-state index in [0.29, 0.717) is 12.5 Å². The summed E-state index contributed by atoms with van der Waals surface area (Å²) in [7, 11) is 0. The van der Waals surface area contributed by atoms with E-state index in [2.05, 4.69) is 6.92 Å². The van der Waals surface area contributed by atoms with E-state index in [4.69, 9.17) is 4.74 Å². The Morgan fingerprint density at radius 3 is 2.69 bits per heavy atom. The first-order valence-electron chi connectivity index (χ1n) is 5.75. The van der Waals surface area contributed by atoms with Gasteiger partial charge < -0.3 is 9.64 Å². The molecule has 3 nitrogen and oxygen atoms in total. The highest BCUT2D eigenvalue weighted by molar-refractivity contribution is 5.68. The number of ether oxygens (including phenoxy) is 1. The first-order valence-corrected chi connectivity index (χ1v) is 5.75. The largest absolute Gasteiger partial charge is 0.445 e. The lowest BCUT2D eigenvalue weighted by molar-refractivity contribution is 0.0485. The Labute approximate surface area is 96.0 Å². The Morgan fingerprint density at radius 1 is 1.38 bits per heavy atom. The van der Waals surface area contributed by atoms with Crippen LogP contribution in [0.25, 0.3) is 0 Å². The predicted molar refractivity (Wildman–Crippen MR) is 62.0 cm³/mol. The van der Waals surface area contributed by atoms with E-state index >= 15 is 0 Å². The lowest BCUT2D eigenvalue weighted by Crippen LogP contribution is -2.49. The molecule has 16 heavy (non-hydrogen) atoms. The van der Waals surface area contributed by atoms with Gasteiger partial charge in [0, 0.05) is 13.1 Å². The minimum atomic E-state index is -0.187. The molecule has 1 aromatic rings. The van der Waals surface area contributed by atoms with Gasteiger partial charge in [0.05, 0.1) is 0 Å². The first-order chi connectivity index (χ1) is 7.79. The van der Waals surface area contributed by atoms with E-state index in [-0.39, 0.29) is 6.09 Å². The molecular formula is C13H17NO2. The van der Waals surface area contributed by atoms with Gasteiger partial charge in [-0.2, -0.15) is 0 Å². The first kappa shape index (κ1) is 11.0. The Kier molecular flexibility index (Phi) is 3.44. The summed E-state index contributed by atoms with van der Waals surface area (Å²) in [6.45, 7) is 4.22. The number of likely N-dealkylation sites (tertiary alicyclic amines) is 1. The van der Waals surface area contributed by atoms with Crippen LogP contribution in [0.15, 0.2) is 30.3 Å². The molecule has 1 saturated heterocycles. The molecule has 0 radical (unpaired) electrons. The molecule has 0 N–H and O–H groups in total. The fraction of sp³-hybridized carbons (Fsp3) is 0.462. The molecule has 0 aromatic heterocycles. The monoisotopic (exact) mass is 219 g/mol. The van der Waals surface area contributed by atoms with Crippen molar-refractivity contribution in [3.05, 3.63) is 35.9 Å². The zero-order chi connectivity index (χ0) is 11.4. The SMILES string of the molecule is CCC1CN(C(=O)OCc2ccccc2)C1. The third kappa shape index (κ3) is 2.54. The van der Waals surface area contributed by atoms with E-state index < -0.39 is 0 Å². The van der Waals surface area contributed by atoms with Crippen LogP contribution in [0.5, 0.6) is 0 Å². The Morgan fingerprint density at radius 2 is 2.06 bits per heavy atom. The molecule has 0 unspecified atom stereocenters. The highest BCUT2D eigenvalue weighted by Crippen LogP contribution is 2.19. The van der Waals surface area contributed by atoms with Crippen LogP contribution < -0.4 is 0 Å². The number of carbonyl (C=O) groups is 1. The molecule has 1 fully saturated rings. The quantitative estimate of drug-likeness (QED) is 0.782. The molecule has 1 aliphatic heterocycles. The van der Waals surface area contributed by atoms with Gasteiger partial charge in [0.2, 0.25) is 0 Å². The summed E-state index contributed by atoms with van der Waals surface area (Å²) >= 11 is 0. The molecule has 0 bridgehead atoms. The number of amides is 1. The highest BCUT2D eigenvalue weighted by atomic mass is 16.6. The number of benzene rings is 1. The van der Waals surface area contributed by atoms with Crippen molar-refractivity contribution >= 4 is 6.09 Å². The third-order valence-electron chi connectivity index (χ3n) is 3.00. The average Bonchev–Trinajstić information content (AvgIpc) is 2.26. The Hall–Kier alpha value is -1.51. The third-order valence-corrected chi connectivity index (χ3v) is 3.00. The fourth-order valence-corrected chi connectivity index (χ4v) is 1.79. The second kappa shape index (κ2) is 5.01. The molecule has 1 aliphatic rings. The van der Waals surface area contributed by atoms with Crippen LogP contribution in [0.2, 0.25) is 0 Å². The summed E-state index contributed by atoms with van der Waals surface area (Å²) in [5.74, 6) is 0.671. The minimum absolute atomic E-state index is 0.187. The maximum atomic E-state index is 11.6. The summed E-state index contributed by atoms with van der Waals surface area (Å²) < 4.78 is 5.21. The van der Waals surface area contributed by atoms with E-state index in [1.165, 1.54) is 0 Å². The molecule has 0 spiro atoms. The number of rotatable bonds is 3. The van der Waals surface area contributed by atoms with E-state index in [0.717, 1.165) is 25.1 Å². The van der Waals surface area contributed by atoms with Gasteiger partial charge in [-0.1, -0.05) is 37.3 Å². The zero-order valence-electron chi connectivity index (χ0n) is 9.56. The Bertz CT molecular complexity index is 344. The van der Waals surface area contributed by atoms with E-state index in [1.807, 2.05) is 30.3 Å². The summed E-state index contributed by atoms with van der Waals surface area (Å²) in [5, 5.41) is 0. The summed E-state index contributed by atoms with van der Waals surface area (Å²) in [6.07, 6.45) is 0.955. The number of carbonyl (C=O) groups excluding carboxylic acids is 1. The van der Waals surface area contributed by atoms with Crippen LogP contribution in [0.1, 0.15) is 18.9 Å². The summed E-state index contributed by atoms with van der Waals surface area (Å²) in [5.41, 5.74) is 1.03. The van der Waals surface area contributed by atoms with Gasteiger partial charge in [0.15, 0.2) is 0 Å². The van der Waals surface area contributed by atoms with Crippen molar-refractivity contribution in [1.82, 2.24) is 4.90 Å². The molecule has 0 saturated carbocycles. The molecule has 0 atom stereocenters. The molecule has 1 aromatic carbocycles. The van der Waals surface area contributed by atoms with Gasteiger partial charge in [0.1, 0.15) is 6.61 Å². The van der Waals surface area contributed by atoms with Gasteiger partial charge in [-0.25, -0.2) is 4.79 Å². The average molecular weight is 219 g/mol. The van der Waals surface area contributed by atoms with Crippen molar-refractivity contribution in [1.29, 1.82) is 0 Å². The Balaban J connectivity index is 1.73. The smallest absolute Gasteiger partial charge is 0.410 e. The van der Waals surface area contributed by atoms with Gasteiger partial charge in [-0.15, -0.1) is 0 Å². The zero-order valence-corrected chi connectivity index (χ0v) is 9.56. The van der Waals surface area contributed by atoms with Crippen molar-refractivity contribution in [3.63, 3.8) is 0 Å². The molecule has 1 heterocycles. The van der Waals surface area contributed by atoms with Crippen LogP contribution in [-0.4, -0.2) is 24.1 Å². The van der Waals surface area contributed by atoms with Crippen molar-refractivity contribution in [2.45, 2.75) is 20.0 Å². The van der Waals surface area contributed by atoms with Gasteiger partial charge in [-0.3, -0.25) is 0 Å². The molecule has 86 valence electrons. The lowest BCUT2D eigenvalue weighted by Gasteiger charge is -2.37. The summed E-state index contributed by atoms with van der Waals surface area (Å²) in [6, 6.07) is 9.75. The lowest BCUT2D eigenvalue weighted by atomic mass is 9.98. The minimum Gasteiger partial charge on any atom is -0.445 e. The standard InChI is InChI=1S/C13H17NO2/c1-2-11-8-14(9-11)13(15)16-10-12-6-4-3-5-7-12/h3-7,11H,2,8-10H2,1H3. The van der Waals surface area contributed by atoms with Crippen molar-refractivity contribution in [2.24, 2.45) is 5.92 Å². The van der Waals surface area contributed by atoms with Crippen molar-refractivity contribution < 1.29 is 9.53 Å². The fourth-order valence-electron chi connectivity index (χ4n) is 1.79. The molecule has 1 amide bonds. The molecule has 3 heteroatoms. The predicted octanol–water partition coefficient (Wildman–Crippen LogP) is 2.67. The summed E-state index contributed by atoms with van der Waals surface area (Å²) in [4.78, 5) is 13.3. The topological polar surface area (TPSA) is 29.5 Å². The van der Waals surface area contributed by atoms with Crippen LogP contribution in [0.4, 0.5) is 4.79 Å². The van der Waals surface area contributed by atoms with Gasteiger partial charge in [0.25, 0.3) is 0 Å². The van der Waals surface area contributed by atoms with Crippen LogP contribution in [0.3, 0.4) is 0 Å². The maximum Gasteiger partial charge on any atom is 0.410 e. The maximum absolute atomic E-state index is 11.6. The second-order valence-corrected chi connectivity index (χ2v) is 4.22. The number of hydrogen-bond acceptors (Lipinski definition) is 2. The van der Waals surface area contributed by atoms with Crippen LogP contribution in [-0.2, 0) is 11.3 Å². The van der Waals surface area contributed by atoms with Crippen molar-refractivity contribution in [2.75, 3.05) is 13.1 Å². The number of hydrogen-bond donors (Lipinski definition) is 0. The second-order valence-electron chi connectivity index (χ2n) is 4.22. The van der Waals surface area contributed by atoms with E-state index in [9.17, 15) is 4.79 Å². The molecule has 0 aliphatic carbocycles.